The molecule has 140 valence electrons. The van der Waals surface area contributed by atoms with E-state index in [0.29, 0.717) is 6.54 Å². The average Bonchev–Trinajstić information content (AvgIpc) is 2.64. The van der Waals surface area contributed by atoms with E-state index in [1.54, 1.807) is 6.20 Å². The summed E-state index contributed by atoms with van der Waals surface area (Å²) in [5, 5.41) is 6.55. The lowest BCUT2D eigenvalue weighted by Gasteiger charge is -2.35. The molecule has 1 amide bonds. The topological polar surface area (TPSA) is 57.3 Å². The van der Waals surface area contributed by atoms with Gasteiger partial charge in [0.05, 0.1) is 6.54 Å². The summed E-state index contributed by atoms with van der Waals surface area (Å²) in [6.45, 7) is 4.02. The standard InChI is InChI=1S/C19H30N4O.ClH/c24-19(22-10-8-16-5-2-1-3-6-16)15-23-12-11-21-14-18(23)17-7-4-9-20-13-17;/h4,7,9,13,16,18,21H,1-3,5-6,8,10-12,14-15H2,(H,22,24);1H. The van der Waals surface area contributed by atoms with Gasteiger partial charge in [-0.05, 0) is 24.0 Å². The van der Waals surface area contributed by atoms with Gasteiger partial charge in [-0.15, -0.1) is 12.4 Å². The monoisotopic (exact) mass is 366 g/mol. The summed E-state index contributed by atoms with van der Waals surface area (Å²) in [6.07, 6.45) is 11.7. The van der Waals surface area contributed by atoms with Gasteiger partial charge in [0, 0.05) is 44.6 Å². The maximum absolute atomic E-state index is 12.3. The van der Waals surface area contributed by atoms with Gasteiger partial charge in [0.15, 0.2) is 0 Å². The number of carbonyl (C=O) groups excluding carboxylic acids is 1. The van der Waals surface area contributed by atoms with E-state index in [4.69, 9.17) is 0 Å². The zero-order valence-corrected chi connectivity index (χ0v) is 15.8. The van der Waals surface area contributed by atoms with E-state index in [1.807, 2.05) is 12.3 Å². The van der Waals surface area contributed by atoms with Crippen LogP contribution in [0.1, 0.15) is 50.1 Å². The first-order valence-corrected chi connectivity index (χ1v) is 9.44. The van der Waals surface area contributed by atoms with E-state index in [0.717, 1.165) is 38.5 Å². The van der Waals surface area contributed by atoms with Crippen molar-refractivity contribution < 1.29 is 4.79 Å². The fourth-order valence-electron chi connectivity index (χ4n) is 3.97. The predicted molar refractivity (Wildman–Crippen MR) is 103 cm³/mol. The Morgan fingerprint density at radius 1 is 1.32 bits per heavy atom. The Hall–Kier alpha value is -1.17. The molecule has 2 aliphatic rings. The Morgan fingerprint density at radius 3 is 2.92 bits per heavy atom. The van der Waals surface area contributed by atoms with Crippen LogP contribution < -0.4 is 10.6 Å². The van der Waals surface area contributed by atoms with Crippen LogP contribution in [0.4, 0.5) is 0 Å². The van der Waals surface area contributed by atoms with Crippen LogP contribution in [-0.2, 0) is 4.79 Å². The van der Waals surface area contributed by atoms with E-state index in [1.165, 1.54) is 37.7 Å². The summed E-state index contributed by atoms with van der Waals surface area (Å²) in [6, 6.07) is 4.29. The maximum atomic E-state index is 12.3. The Kier molecular flexibility index (Phi) is 8.65. The fraction of sp³-hybridized carbons (Fsp3) is 0.684. The first-order valence-electron chi connectivity index (χ1n) is 9.44. The molecule has 1 atom stereocenters. The Bertz CT molecular complexity index is 507. The first-order chi connectivity index (χ1) is 11.8. The highest BCUT2D eigenvalue weighted by Gasteiger charge is 2.25. The molecule has 2 heterocycles. The van der Waals surface area contributed by atoms with Crippen molar-refractivity contribution in [2.75, 3.05) is 32.7 Å². The van der Waals surface area contributed by atoms with Crippen LogP contribution in [0.2, 0.25) is 0 Å². The molecule has 0 radical (unpaired) electrons. The molecule has 5 nitrogen and oxygen atoms in total. The van der Waals surface area contributed by atoms with Crippen molar-refractivity contribution >= 4 is 18.3 Å². The highest BCUT2D eigenvalue weighted by molar-refractivity contribution is 5.85. The van der Waals surface area contributed by atoms with Gasteiger partial charge in [0.25, 0.3) is 0 Å². The van der Waals surface area contributed by atoms with E-state index < -0.39 is 0 Å². The summed E-state index contributed by atoms with van der Waals surface area (Å²) in [7, 11) is 0. The molecule has 2 fully saturated rings. The van der Waals surface area contributed by atoms with Crippen molar-refractivity contribution in [2.45, 2.75) is 44.6 Å². The molecule has 2 N–H and O–H groups in total. The van der Waals surface area contributed by atoms with Crippen molar-refractivity contribution in [3.8, 4) is 0 Å². The summed E-state index contributed by atoms with van der Waals surface area (Å²) in [4.78, 5) is 18.8. The van der Waals surface area contributed by atoms with Gasteiger partial charge in [0.2, 0.25) is 5.91 Å². The lowest BCUT2D eigenvalue weighted by Crippen LogP contribution is -2.49. The van der Waals surface area contributed by atoms with Gasteiger partial charge in [-0.1, -0.05) is 38.2 Å². The van der Waals surface area contributed by atoms with E-state index in [9.17, 15) is 4.79 Å². The van der Waals surface area contributed by atoms with Gasteiger partial charge in [0.1, 0.15) is 0 Å². The summed E-state index contributed by atoms with van der Waals surface area (Å²) < 4.78 is 0. The second-order valence-corrected chi connectivity index (χ2v) is 7.12. The lowest BCUT2D eigenvalue weighted by atomic mass is 9.87. The summed E-state index contributed by atoms with van der Waals surface area (Å²) >= 11 is 0. The zero-order chi connectivity index (χ0) is 16.6. The molecule has 0 spiro atoms. The van der Waals surface area contributed by atoms with Crippen LogP contribution in [0.15, 0.2) is 24.5 Å². The van der Waals surface area contributed by atoms with Crippen LogP contribution >= 0.6 is 12.4 Å². The number of nitrogens with one attached hydrogen (secondary N) is 2. The van der Waals surface area contributed by atoms with E-state index >= 15 is 0 Å². The van der Waals surface area contributed by atoms with Crippen molar-refractivity contribution in [1.82, 2.24) is 20.5 Å². The van der Waals surface area contributed by atoms with Gasteiger partial charge < -0.3 is 10.6 Å². The van der Waals surface area contributed by atoms with Gasteiger partial charge in [-0.2, -0.15) is 0 Å². The second kappa shape index (κ2) is 10.7. The summed E-state index contributed by atoms with van der Waals surface area (Å²) in [5.74, 6) is 0.975. The quantitative estimate of drug-likeness (QED) is 0.812. The Morgan fingerprint density at radius 2 is 2.16 bits per heavy atom. The highest BCUT2D eigenvalue weighted by atomic mass is 35.5. The van der Waals surface area contributed by atoms with Crippen LogP contribution in [0.25, 0.3) is 0 Å². The third kappa shape index (κ3) is 6.24. The van der Waals surface area contributed by atoms with Crippen molar-refractivity contribution in [2.24, 2.45) is 5.92 Å². The molecule has 25 heavy (non-hydrogen) atoms. The van der Waals surface area contributed by atoms with Crippen LogP contribution in [0, 0.1) is 5.92 Å². The molecular weight excluding hydrogens is 336 g/mol. The molecule has 3 rings (SSSR count). The van der Waals surface area contributed by atoms with E-state index in [2.05, 4.69) is 26.6 Å². The van der Waals surface area contributed by atoms with Crippen LogP contribution in [0.3, 0.4) is 0 Å². The summed E-state index contributed by atoms with van der Waals surface area (Å²) in [5.41, 5.74) is 1.18. The van der Waals surface area contributed by atoms with Crippen molar-refractivity contribution in [1.29, 1.82) is 0 Å². The first kappa shape index (κ1) is 20.1. The number of nitrogens with zero attached hydrogens (tertiary/aromatic N) is 2. The van der Waals surface area contributed by atoms with Gasteiger partial charge >= 0.3 is 0 Å². The molecule has 1 unspecified atom stereocenters. The number of amides is 1. The molecule has 1 aliphatic heterocycles. The Balaban J connectivity index is 0.00000225. The molecule has 1 aromatic heterocycles. The largest absolute Gasteiger partial charge is 0.355 e. The third-order valence-electron chi connectivity index (χ3n) is 5.37. The Labute approximate surface area is 157 Å². The van der Waals surface area contributed by atoms with Crippen molar-refractivity contribution in [3.63, 3.8) is 0 Å². The van der Waals surface area contributed by atoms with Gasteiger partial charge in [-0.3, -0.25) is 14.7 Å². The number of pyridine rings is 1. The smallest absolute Gasteiger partial charge is 0.234 e. The number of aromatic nitrogens is 1. The second-order valence-electron chi connectivity index (χ2n) is 7.12. The minimum absolute atomic E-state index is 0. The fourth-order valence-corrected chi connectivity index (χ4v) is 3.97. The number of rotatable bonds is 6. The average molecular weight is 367 g/mol. The molecule has 1 aliphatic carbocycles. The lowest BCUT2D eigenvalue weighted by molar-refractivity contribution is -0.123. The minimum Gasteiger partial charge on any atom is -0.355 e. The maximum Gasteiger partial charge on any atom is 0.234 e. The normalized spacial score (nSPS) is 22.2. The number of piperazine rings is 1. The number of hydrogen-bond acceptors (Lipinski definition) is 4. The zero-order valence-electron chi connectivity index (χ0n) is 15.0. The molecule has 1 saturated heterocycles. The van der Waals surface area contributed by atoms with Gasteiger partial charge in [-0.25, -0.2) is 0 Å². The number of hydrogen-bond donors (Lipinski definition) is 2. The molecular formula is C19H31ClN4O. The number of carbonyl (C=O) groups is 1. The molecule has 0 aromatic carbocycles. The molecule has 6 heteroatoms. The molecule has 1 aromatic rings. The minimum atomic E-state index is 0. The van der Waals surface area contributed by atoms with Crippen LogP contribution in [0.5, 0.6) is 0 Å². The number of halogens is 1. The van der Waals surface area contributed by atoms with Crippen molar-refractivity contribution in [3.05, 3.63) is 30.1 Å². The predicted octanol–water partition coefficient (Wildman–Crippen LogP) is 2.54. The third-order valence-corrected chi connectivity index (χ3v) is 5.37. The van der Waals surface area contributed by atoms with Crippen LogP contribution in [-0.4, -0.2) is 48.5 Å². The van der Waals surface area contributed by atoms with E-state index in [-0.39, 0.29) is 24.4 Å². The SMILES string of the molecule is Cl.O=C(CN1CCNCC1c1cccnc1)NCCC1CCCCC1. The molecule has 1 saturated carbocycles. The highest BCUT2D eigenvalue weighted by Crippen LogP contribution is 2.25. The molecule has 0 bridgehead atoms.